The van der Waals surface area contributed by atoms with Crippen LogP contribution >= 0.6 is 0 Å². The molecule has 0 spiro atoms. The van der Waals surface area contributed by atoms with Crippen molar-refractivity contribution in [2.75, 3.05) is 12.4 Å². The smallest absolute Gasteiger partial charge is 0.372 e. The third kappa shape index (κ3) is 10.6. The molecule has 1 aromatic carbocycles. The second kappa shape index (κ2) is 16.4. The fourth-order valence-corrected chi connectivity index (χ4v) is 4.17. The first-order valence-electron chi connectivity index (χ1n) is 14.2. The second-order valence-corrected chi connectivity index (χ2v) is 11.0. The summed E-state index contributed by atoms with van der Waals surface area (Å²) in [5, 5.41) is 13.0. The van der Waals surface area contributed by atoms with Crippen LogP contribution in [0, 0.1) is 24.6 Å². The number of anilines is 1. The van der Waals surface area contributed by atoms with Crippen molar-refractivity contribution >= 4 is 18.0 Å². The highest BCUT2D eigenvalue weighted by atomic mass is 19.4. The van der Waals surface area contributed by atoms with Gasteiger partial charge in [0.2, 0.25) is 0 Å². The fourth-order valence-electron chi connectivity index (χ4n) is 4.17. The summed E-state index contributed by atoms with van der Waals surface area (Å²) in [5.74, 6) is 0.555. The molecule has 0 aliphatic heterocycles. The Bertz CT molecular complexity index is 1200. The molecule has 0 aliphatic carbocycles. The van der Waals surface area contributed by atoms with Crippen molar-refractivity contribution in [3.05, 3.63) is 63.6 Å². The maximum Gasteiger partial charge on any atom is 0.419 e. The summed E-state index contributed by atoms with van der Waals surface area (Å²) in [5.41, 5.74) is 0.102. The molecule has 224 valence electrons. The summed E-state index contributed by atoms with van der Waals surface area (Å²) < 4.78 is 53.9. The molecule has 1 N–H and O–H groups in total. The largest absolute Gasteiger partial charge is 0.419 e. The van der Waals surface area contributed by atoms with Gasteiger partial charge in [-0.25, -0.2) is 4.39 Å². The van der Waals surface area contributed by atoms with Gasteiger partial charge in [-0.15, -0.1) is 5.10 Å². The monoisotopic (exact) mass is 564 g/mol. The molecule has 0 radical (unpaired) electrons. The minimum Gasteiger partial charge on any atom is -0.372 e. The predicted octanol–water partition coefficient (Wildman–Crippen LogP) is 7.85. The van der Waals surface area contributed by atoms with Crippen molar-refractivity contribution < 1.29 is 17.6 Å². The van der Waals surface area contributed by atoms with Crippen molar-refractivity contribution in [1.82, 2.24) is 15.1 Å². The lowest BCUT2D eigenvalue weighted by Crippen LogP contribution is -2.36. The van der Waals surface area contributed by atoms with Gasteiger partial charge in [-0.05, 0) is 57.1 Å². The number of hydrogen-bond donors (Lipinski definition) is 1. The Morgan fingerprint density at radius 3 is 2.20 bits per heavy atom. The van der Waals surface area contributed by atoms with Gasteiger partial charge in [-0.1, -0.05) is 72.8 Å². The van der Waals surface area contributed by atoms with Crippen LogP contribution in [0.2, 0.25) is 0 Å². The Kier molecular flexibility index (Phi) is 14.4. The topological polar surface area (TPSA) is 41.1 Å². The summed E-state index contributed by atoms with van der Waals surface area (Å²) in [6.45, 7) is 20.9. The molecule has 0 saturated carbocycles. The molecule has 2 atom stereocenters. The standard InChI is InChI=1S/C28H38F4N4.C4H10/c1-8-18(4)14-15-22(9-2)36(7)19(5)16-24-23(10-3)20(6)34-35-27(24)33-17-21-12-11-13-25(26(21)29)28(30,31)32;1-4(2)3/h10-13,16,18,22H,5,8-9,14-15,17H2,1-4,6-7H3,(H,33,35);4H,1-3H3/b23-10-,24-16+;. The van der Waals surface area contributed by atoms with Gasteiger partial charge in [-0.3, -0.25) is 0 Å². The highest BCUT2D eigenvalue weighted by Gasteiger charge is 2.34. The molecule has 0 fully saturated rings. The molecule has 2 rings (SSSR count). The van der Waals surface area contributed by atoms with Gasteiger partial charge in [0.1, 0.15) is 5.82 Å². The van der Waals surface area contributed by atoms with Crippen LogP contribution in [0.5, 0.6) is 0 Å². The average Bonchev–Trinajstić information content (AvgIpc) is 2.88. The molecule has 1 aromatic heterocycles. The van der Waals surface area contributed by atoms with Crippen molar-refractivity contribution in [2.45, 2.75) is 99.8 Å². The number of aryl methyl sites for hydroxylation is 1. The van der Waals surface area contributed by atoms with Crippen LogP contribution < -0.4 is 15.8 Å². The molecule has 4 nitrogen and oxygen atoms in total. The van der Waals surface area contributed by atoms with E-state index in [2.05, 4.69) is 68.5 Å². The summed E-state index contributed by atoms with van der Waals surface area (Å²) in [7, 11) is 2.02. The van der Waals surface area contributed by atoms with Gasteiger partial charge < -0.3 is 10.2 Å². The first-order valence-corrected chi connectivity index (χ1v) is 14.2. The number of nitrogens with one attached hydrogen (secondary N) is 1. The van der Waals surface area contributed by atoms with E-state index in [-0.39, 0.29) is 12.1 Å². The second-order valence-electron chi connectivity index (χ2n) is 11.0. The number of nitrogens with zero attached hydrogens (tertiary/aromatic N) is 3. The lowest BCUT2D eigenvalue weighted by atomic mass is 9.97. The summed E-state index contributed by atoms with van der Waals surface area (Å²) >= 11 is 0. The minimum atomic E-state index is -4.76. The van der Waals surface area contributed by atoms with E-state index < -0.39 is 17.6 Å². The number of halogens is 4. The zero-order chi connectivity index (χ0) is 30.6. The molecule has 2 unspecified atom stereocenters. The van der Waals surface area contributed by atoms with Gasteiger partial charge in [0.25, 0.3) is 0 Å². The Balaban J connectivity index is 0.00000187. The van der Waals surface area contributed by atoms with E-state index >= 15 is 0 Å². The first-order chi connectivity index (χ1) is 18.7. The van der Waals surface area contributed by atoms with Gasteiger partial charge in [0.15, 0.2) is 5.82 Å². The number of allylic oxidation sites excluding steroid dienone is 1. The maximum absolute atomic E-state index is 14.5. The van der Waals surface area contributed by atoms with Crippen LogP contribution in [0.25, 0.3) is 12.2 Å². The van der Waals surface area contributed by atoms with E-state index in [1.807, 2.05) is 33.0 Å². The molecule has 1 heterocycles. The van der Waals surface area contributed by atoms with Crippen molar-refractivity contribution in [3.8, 4) is 0 Å². The molecule has 40 heavy (non-hydrogen) atoms. The van der Waals surface area contributed by atoms with Crippen molar-refractivity contribution in [1.29, 1.82) is 0 Å². The summed E-state index contributed by atoms with van der Waals surface area (Å²) in [6, 6.07) is 3.58. The van der Waals surface area contributed by atoms with E-state index in [1.165, 1.54) is 12.1 Å². The summed E-state index contributed by atoms with van der Waals surface area (Å²) in [4.78, 5) is 2.16. The highest BCUT2D eigenvalue weighted by Crippen LogP contribution is 2.32. The molecule has 0 aliphatic rings. The molecule has 0 amide bonds. The Labute approximate surface area is 238 Å². The molecule has 8 heteroatoms. The number of aromatic nitrogens is 2. The quantitative estimate of drug-likeness (QED) is 0.282. The zero-order valence-corrected chi connectivity index (χ0v) is 25.7. The molecular formula is C32H48F4N4. The van der Waals surface area contributed by atoms with E-state index in [0.29, 0.717) is 28.7 Å². The average molecular weight is 565 g/mol. The Morgan fingerprint density at radius 1 is 1.05 bits per heavy atom. The van der Waals surface area contributed by atoms with E-state index in [4.69, 9.17) is 0 Å². The molecule has 2 aromatic rings. The minimum absolute atomic E-state index is 0.104. The third-order valence-electron chi connectivity index (χ3n) is 6.83. The normalized spacial score (nSPS) is 14.1. The highest BCUT2D eigenvalue weighted by molar-refractivity contribution is 5.53. The number of hydrogen-bond acceptors (Lipinski definition) is 4. The Morgan fingerprint density at radius 2 is 1.68 bits per heavy atom. The van der Waals surface area contributed by atoms with Gasteiger partial charge in [0.05, 0.1) is 11.3 Å². The van der Waals surface area contributed by atoms with Crippen molar-refractivity contribution in [2.24, 2.45) is 11.8 Å². The van der Waals surface area contributed by atoms with Gasteiger partial charge >= 0.3 is 6.18 Å². The maximum atomic E-state index is 14.5. The third-order valence-corrected chi connectivity index (χ3v) is 6.83. The van der Waals surface area contributed by atoms with Crippen LogP contribution in [-0.4, -0.2) is 28.2 Å². The van der Waals surface area contributed by atoms with Gasteiger partial charge in [0, 0.05) is 41.3 Å². The van der Waals surface area contributed by atoms with E-state index in [0.717, 1.165) is 48.6 Å². The lowest BCUT2D eigenvalue weighted by molar-refractivity contribution is -0.140. The SMILES string of the molecule is C=C(/C=c1/c(NCc2cccc(C(F)(F)F)c2F)nnc(C)/c1=C/C)N(C)C(CC)CCC(C)CC.CC(C)C. The van der Waals surface area contributed by atoms with Crippen LogP contribution in [0.4, 0.5) is 23.4 Å². The van der Waals surface area contributed by atoms with Crippen LogP contribution in [-0.2, 0) is 12.7 Å². The fraction of sp³-hybridized carbons (Fsp3) is 0.562. The van der Waals surface area contributed by atoms with E-state index in [9.17, 15) is 17.6 Å². The van der Waals surface area contributed by atoms with E-state index in [1.54, 1.807) is 0 Å². The van der Waals surface area contributed by atoms with Crippen molar-refractivity contribution in [3.63, 3.8) is 0 Å². The molecular weight excluding hydrogens is 516 g/mol. The molecule has 0 bridgehead atoms. The summed E-state index contributed by atoms with van der Waals surface area (Å²) in [6.07, 6.45) is 3.35. The predicted molar refractivity (Wildman–Crippen MR) is 160 cm³/mol. The number of benzene rings is 1. The van der Waals surface area contributed by atoms with Gasteiger partial charge in [-0.2, -0.15) is 18.3 Å². The first kappa shape index (κ1) is 35.1. The zero-order valence-electron chi connectivity index (χ0n) is 25.7. The lowest BCUT2D eigenvalue weighted by Gasteiger charge is -2.30. The van der Waals surface area contributed by atoms with Crippen LogP contribution in [0.1, 0.15) is 91.0 Å². The molecule has 0 saturated heterocycles. The van der Waals surface area contributed by atoms with Crippen LogP contribution in [0.15, 0.2) is 30.5 Å². The van der Waals surface area contributed by atoms with Crippen LogP contribution in [0.3, 0.4) is 0 Å². The Hall–Kier alpha value is -2.90. The number of rotatable bonds is 11. The number of alkyl halides is 3.